The van der Waals surface area contributed by atoms with Gasteiger partial charge in [-0.3, -0.25) is 4.79 Å². The van der Waals surface area contributed by atoms with Gasteiger partial charge in [0.15, 0.2) is 0 Å². The summed E-state index contributed by atoms with van der Waals surface area (Å²) < 4.78 is 77.8. The van der Waals surface area contributed by atoms with Gasteiger partial charge in [0.1, 0.15) is 17.4 Å². The quantitative estimate of drug-likeness (QED) is 0.392. The van der Waals surface area contributed by atoms with Crippen LogP contribution < -0.4 is 9.47 Å². The summed E-state index contributed by atoms with van der Waals surface area (Å²) in [6.07, 6.45) is -3.83. The number of fused-ring (bicyclic) bond motifs is 1. The van der Waals surface area contributed by atoms with Gasteiger partial charge in [0, 0.05) is 36.8 Å². The first-order chi connectivity index (χ1) is 20.7. The fraction of sp³-hybridized carbons (Fsp3) is 0.355. The number of aromatic nitrogens is 1. The number of sulfonamides is 1. The lowest BCUT2D eigenvalue weighted by molar-refractivity contribution is -0.137. The van der Waals surface area contributed by atoms with Crippen molar-refractivity contribution >= 4 is 15.9 Å². The maximum atomic E-state index is 13.6. The number of halogens is 3. The topological polar surface area (TPSA) is 109 Å². The van der Waals surface area contributed by atoms with Gasteiger partial charge in [0.05, 0.1) is 36.8 Å². The third kappa shape index (κ3) is 7.32. The molecule has 9 nitrogen and oxygen atoms in total. The van der Waals surface area contributed by atoms with E-state index >= 15 is 0 Å². The Morgan fingerprint density at radius 2 is 1.77 bits per heavy atom. The molecular weight excluding hydrogens is 599 g/mol. The molecule has 1 N–H and O–H groups in total. The molecule has 0 fully saturated rings. The number of nitrogens with zero attached hydrogens (tertiary/aromatic N) is 3. The molecular formula is C31H32F3N3O6S. The fourth-order valence-corrected chi connectivity index (χ4v) is 5.74. The van der Waals surface area contributed by atoms with Crippen molar-refractivity contribution in [2.75, 3.05) is 33.9 Å². The van der Waals surface area contributed by atoms with E-state index in [9.17, 15) is 31.5 Å². The number of rotatable bonds is 7. The maximum Gasteiger partial charge on any atom is 0.416 e. The van der Waals surface area contributed by atoms with Crippen molar-refractivity contribution in [2.45, 2.75) is 37.1 Å². The second-order valence-electron chi connectivity index (χ2n) is 10.5. The lowest BCUT2D eigenvalue weighted by Crippen LogP contribution is -2.50. The van der Waals surface area contributed by atoms with E-state index < -0.39 is 39.8 Å². The van der Waals surface area contributed by atoms with E-state index in [4.69, 9.17) is 9.47 Å². The number of carbonyl (C=O) groups excluding carboxylic acids is 1. The molecule has 0 unspecified atom stereocenters. The smallest absolute Gasteiger partial charge is 0.416 e. The van der Waals surface area contributed by atoms with Gasteiger partial charge in [-0.15, -0.1) is 0 Å². The molecule has 3 atom stereocenters. The zero-order valence-electron chi connectivity index (χ0n) is 24.5. The van der Waals surface area contributed by atoms with Crippen LogP contribution in [0.2, 0.25) is 0 Å². The molecule has 1 amide bonds. The number of aliphatic hydroxyl groups excluding tert-OH is 1. The van der Waals surface area contributed by atoms with Crippen molar-refractivity contribution in [1.82, 2.24) is 14.2 Å². The number of aliphatic hydroxyl groups is 1. The summed E-state index contributed by atoms with van der Waals surface area (Å²) in [6.45, 7) is 3.28. The molecule has 0 bridgehead atoms. The van der Waals surface area contributed by atoms with Crippen molar-refractivity contribution in [3.05, 3.63) is 83.0 Å². The highest BCUT2D eigenvalue weighted by molar-refractivity contribution is 7.89. The first kappa shape index (κ1) is 32.8. The van der Waals surface area contributed by atoms with Crippen LogP contribution in [0.4, 0.5) is 13.2 Å². The van der Waals surface area contributed by atoms with Crippen LogP contribution in [0.5, 0.6) is 11.6 Å². The third-order valence-corrected chi connectivity index (χ3v) is 9.13. The molecule has 3 aromatic rings. The summed E-state index contributed by atoms with van der Waals surface area (Å²) in [5.41, 5.74) is -0.0978. The summed E-state index contributed by atoms with van der Waals surface area (Å²) in [5.74, 6) is 5.24. The van der Waals surface area contributed by atoms with Crippen LogP contribution in [0, 0.1) is 17.8 Å². The first-order valence-electron chi connectivity index (χ1n) is 13.6. The molecule has 0 saturated carbocycles. The molecule has 13 heteroatoms. The number of alkyl halides is 3. The number of methoxy groups -OCH3 is 1. The average Bonchev–Trinajstić information content (AvgIpc) is 3.01. The lowest BCUT2D eigenvalue weighted by Gasteiger charge is -2.37. The van der Waals surface area contributed by atoms with Crippen LogP contribution in [0.15, 0.2) is 65.7 Å². The molecule has 1 aliphatic heterocycles. The molecule has 2 aromatic carbocycles. The van der Waals surface area contributed by atoms with Crippen LogP contribution in [-0.4, -0.2) is 79.6 Å². The molecule has 0 radical (unpaired) electrons. The monoisotopic (exact) mass is 631 g/mol. The van der Waals surface area contributed by atoms with Crippen molar-refractivity contribution < 1.29 is 41.0 Å². The summed E-state index contributed by atoms with van der Waals surface area (Å²) in [4.78, 5) is 19.5. The molecule has 1 aliphatic rings. The van der Waals surface area contributed by atoms with Crippen LogP contribution in [0.3, 0.4) is 0 Å². The second kappa shape index (κ2) is 13.3. The highest BCUT2D eigenvalue weighted by Gasteiger charge is 2.36. The fourth-order valence-electron chi connectivity index (χ4n) is 4.55. The minimum absolute atomic E-state index is 0.0305. The van der Waals surface area contributed by atoms with Crippen LogP contribution >= 0.6 is 0 Å². The summed E-state index contributed by atoms with van der Waals surface area (Å²) in [7, 11) is -0.992. The highest BCUT2D eigenvalue weighted by Crippen LogP contribution is 2.30. The molecule has 234 valence electrons. The summed E-state index contributed by atoms with van der Waals surface area (Å²) in [6, 6.07) is 11.2. The van der Waals surface area contributed by atoms with Gasteiger partial charge in [-0.1, -0.05) is 18.8 Å². The highest BCUT2D eigenvalue weighted by atomic mass is 32.2. The number of benzene rings is 2. The number of carbonyl (C=O) groups is 1. The molecule has 2 heterocycles. The minimum atomic E-state index is -4.46. The summed E-state index contributed by atoms with van der Waals surface area (Å²) in [5, 5.41) is 9.89. The van der Waals surface area contributed by atoms with Gasteiger partial charge >= 0.3 is 6.18 Å². The van der Waals surface area contributed by atoms with Crippen molar-refractivity contribution in [1.29, 1.82) is 0 Å². The zero-order chi connectivity index (χ0) is 32.2. The lowest BCUT2D eigenvalue weighted by atomic mass is 10.0. The van der Waals surface area contributed by atoms with Gasteiger partial charge in [-0.05, 0) is 61.5 Å². The molecule has 44 heavy (non-hydrogen) atoms. The Hall–Kier alpha value is -4.12. The SMILES string of the molecule is COc1ccc(S(=O)(=O)N(C)C[C@@H]2Oc3ncc(C#Cc4ccc(C(F)(F)F)cc4)cc3C(=O)N([C@H](C)CO)C[C@@H]2C)cc1. The molecule has 0 aliphatic carbocycles. The number of hydrogen-bond acceptors (Lipinski definition) is 7. The standard InChI is InChI=1S/C31H32F3N3O6S/c1-20-17-37(21(2)19-38)30(39)27-15-23(6-5-22-7-9-24(10-8-22)31(32,33)34)16-35-29(27)43-28(20)18-36(3)44(40,41)26-13-11-25(42-4)12-14-26/h7-16,20-21,28,38H,17-19H2,1-4H3/t20-,21+,28-/m0/s1. The number of ether oxygens (including phenoxy) is 2. The van der Waals surface area contributed by atoms with Gasteiger partial charge in [-0.2, -0.15) is 17.5 Å². The second-order valence-corrected chi connectivity index (χ2v) is 12.5. The van der Waals surface area contributed by atoms with E-state index in [1.54, 1.807) is 19.1 Å². The normalized spacial score (nSPS) is 17.9. The number of amides is 1. The van der Waals surface area contributed by atoms with E-state index in [-0.39, 0.29) is 42.0 Å². The predicted molar refractivity (Wildman–Crippen MR) is 156 cm³/mol. The van der Waals surface area contributed by atoms with Crippen molar-refractivity contribution in [2.24, 2.45) is 5.92 Å². The van der Waals surface area contributed by atoms with Crippen LogP contribution in [-0.2, 0) is 16.2 Å². The molecule has 0 spiro atoms. The molecule has 0 saturated heterocycles. The Morgan fingerprint density at radius 3 is 2.36 bits per heavy atom. The van der Waals surface area contributed by atoms with E-state index in [0.717, 1.165) is 12.1 Å². The van der Waals surface area contributed by atoms with E-state index in [0.29, 0.717) is 16.9 Å². The number of hydrogen-bond donors (Lipinski definition) is 1. The van der Waals surface area contributed by atoms with Gasteiger partial charge in [0.2, 0.25) is 15.9 Å². The average molecular weight is 632 g/mol. The molecule has 1 aromatic heterocycles. The molecule has 4 rings (SSSR count). The summed E-state index contributed by atoms with van der Waals surface area (Å²) >= 11 is 0. The van der Waals surface area contributed by atoms with Crippen LogP contribution in [0.1, 0.15) is 40.9 Å². The van der Waals surface area contributed by atoms with Gasteiger partial charge in [0.25, 0.3) is 5.91 Å². The van der Waals surface area contributed by atoms with Crippen molar-refractivity contribution in [3.8, 4) is 23.5 Å². The van der Waals surface area contributed by atoms with E-state index in [1.807, 2.05) is 6.92 Å². The van der Waals surface area contributed by atoms with E-state index in [2.05, 4.69) is 16.8 Å². The first-order valence-corrected chi connectivity index (χ1v) is 15.1. The predicted octanol–water partition coefficient (Wildman–Crippen LogP) is 4.05. The minimum Gasteiger partial charge on any atom is -0.497 e. The largest absolute Gasteiger partial charge is 0.497 e. The number of likely N-dealkylation sites (N-methyl/N-ethyl adjacent to an activating group) is 1. The number of pyridine rings is 1. The van der Waals surface area contributed by atoms with Crippen molar-refractivity contribution in [3.63, 3.8) is 0 Å². The zero-order valence-corrected chi connectivity index (χ0v) is 25.3. The Labute approximate surface area is 254 Å². The Morgan fingerprint density at radius 1 is 1.14 bits per heavy atom. The van der Waals surface area contributed by atoms with Gasteiger partial charge in [-0.25, -0.2) is 13.4 Å². The van der Waals surface area contributed by atoms with E-state index in [1.165, 1.54) is 59.9 Å². The Balaban J connectivity index is 1.65. The Kier molecular flexibility index (Phi) is 9.88. The third-order valence-electron chi connectivity index (χ3n) is 7.29. The Bertz CT molecular complexity index is 1650. The van der Waals surface area contributed by atoms with Gasteiger partial charge < -0.3 is 19.5 Å². The maximum absolute atomic E-state index is 13.6. The van der Waals surface area contributed by atoms with Crippen LogP contribution in [0.25, 0.3) is 0 Å².